The van der Waals surface area contributed by atoms with Crippen LogP contribution < -0.4 is 0 Å². The second-order valence-electron chi connectivity index (χ2n) is 6.74. The molecule has 37 heavy (non-hydrogen) atoms. The molecule has 0 saturated carbocycles. The van der Waals surface area contributed by atoms with Gasteiger partial charge in [0.25, 0.3) is 12.9 Å². The van der Waals surface area contributed by atoms with E-state index in [-0.39, 0.29) is 15.9 Å². The highest BCUT2D eigenvalue weighted by Gasteiger charge is 2.28. The van der Waals surface area contributed by atoms with Crippen LogP contribution in [0.4, 0.5) is 22.0 Å². The first-order valence-corrected chi connectivity index (χ1v) is 10.1. The largest absolute Gasteiger partial charge is 0.478 e. The molecule has 0 unspecified atom stereocenters. The molecule has 12 nitrogen and oxygen atoms in total. The maximum Gasteiger partial charge on any atom is 0.342 e. The van der Waals surface area contributed by atoms with Crippen molar-refractivity contribution in [3.05, 3.63) is 50.0 Å². The molecule has 0 fully saturated rings. The number of aromatic nitrogens is 6. The standard InChI is InChI=1S/C6H5ClF2N2O2.C6H7ClN2O2.C6H5F3N2O2/c1-11-4(7)2(6(12)13)3(10-11)5(8)9;1-3-4(6(10)11)5(7)9(2)8-3;1-11-5(9)2(6(12)13)3(10-11)4(7)8/h5H,1H3,(H,12,13);1-2H3,(H,10,11);4H,1H3,(H,12,13). The second kappa shape index (κ2) is 12.5. The van der Waals surface area contributed by atoms with Gasteiger partial charge in [0.15, 0.2) is 0 Å². The van der Waals surface area contributed by atoms with Crippen LogP contribution in [0.25, 0.3) is 0 Å². The van der Waals surface area contributed by atoms with Gasteiger partial charge in [-0.15, -0.1) is 0 Å². The number of hydrogen-bond donors (Lipinski definition) is 3. The van der Waals surface area contributed by atoms with Gasteiger partial charge in [-0.2, -0.15) is 19.7 Å². The van der Waals surface area contributed by atoms with E-state index in [1.807, 2.05) is 0 Å². The minimum atomic E-state index is -3.10. The molecule has 0 bridgehead atoms. The van der Waals surface area contributed by atoms with Crippen LogP contribution in [0.3, 0.4) is 0 Å². The van der Waals surface area contributed by atoms with E-state index in [1.54, 1.807) is 14.0 Å². The molecule has 0 aliphatic carbocycles. The molecule has 204 valence electrons. The van der Waals surface area contributed by atoms with E-state index in [0.717, 1.165) is 11.7 Å². The van der Waals surface area contributed by atoms with Crippen molar-refractivity contribution in [1.29, 1.82) is 0 Å². The molecule has 0 aliphatic rings. The van der Waals surface area contributed by atoms with Gasteiger partial charge < -0.3 is 15.3 Å². The summed E-state index contributed by atoms with van der Waals surface area (Å²) < 4.78 is 64.0. The summed E-state index contributed by atoms with van der Waals surface area (Å²) in [6.45, 7) is 1.61. The summed E-state index contributed by atoms with van der Waals surface area (Å²) in [6, 6.07) is 0. The Hall–Kier alpha value is -3.73. The molecule has 3 N–H and O–H groups in total. The van der Waals surface area contributed by atoms with Gasteiger partial charge in [0, 0.05) is 21.1 Å². The predicted molar refractivity (Wildman–Crippen MR) is 115 cm³/mol. The number of aromatic carboxylic acids is 3. The summed E-state index contributed by atoms with van der Waals surface area (Å²) in [5.74, 6) is -5.57. The Bertz CT molecular complexity index is 1250. The zero-order chi connectivity index (χ0) is 28.9. The SMILES string of the molecule is Cc1nn(C)c(Cl)c1C(=O)O.Cn1nc(C(F)F)c(C(=O)O)c1Cl.Cn1nc(C(F)F)c(C(=O)O)c1F. The van der Waals surface area contributed by atoms with Crippen molar-refractivity contribution in [2.75, 3.05) is 0 Å². The first-order valence-electron chi connectivity index (χ1n) is 9.33. The van der Waals surface area contributed by atoms with Crippen molar-refractivity contribution in [2.45, 2.75) is 19.8 Å². The lowest BCUT2D eigenvalue weighted by molar-refractivity contribution is 0.0671. The minimum absolute atomic E-state index is 0.0779. The van der Waals surface area contributed by atoms with Gasteiger partial charge in [0.1, 0.15) is 38.4 Å². The molecule has 3 heterocycles. The third kappa shape index (κ3) is 7.16. The first-order chi connectivity index (χ1) is 16.9. The normalized spacial score (nSPS) is 10.6. The third-order valence-electron chi connectivity index (χ3n) is 4.22. The van der Waals surface area contributed by atoms with Crippen LogP contribution in [0, 0.1) is 12.9 Å². The fourth-order valence-electron chi connectivity index (χ4n) is 2.62. The summed E-state index contributed by atoms with van der Waals surface area (Å²) in [4.78, 5) is 31.3. The zero-order valence-electron chi connectivity index (χ0n) is 19.1. The number of carbonyl (C=O) groups is 3. The molecule has 0 saturated heterocycles. The fraction of sp³-hybridized carbons (Fsp3) is 0.333. The molecule has 0 aromatic carbocycles. The van der Waals surface area contributed by atoms with Crippen LogP contribution in [-0.4, -0.2) is 62.6 Å². The average Bonchev–Trinajstić information content (AvgIpc) is 3.34. The van der Waals surface area contributed by atoms with Crippen molar-refractivity contribution >= 4 is 41.1 Å². The Labute approximate surface area is 213 Å². The van der Waals surface area contributed by atoms with Crippen molar-refractivity contribution in [3.63, 3.8) is 0 Å². The van der Waals surface area contributed by atoms with Gasteiger partial charge in [-0.25, -0.2) is 36.6 Å². The van der Waals surface area contributed by atoms with Crippen LogP contribution in [0.1, 0.15) is 61.0 Å². The van der Waals surface area contributed by atoms with Gasteiger partial charge in [-0.05, 0) is 6.92 Å². The van der Waals surface area contributed by atoms with Crippen LogP contribution in [-0.2, 0) is 21.1 Å². The maximum absolute atomic E-state index is 12.8. The van der Waals surface area contributed by atoms with Crippen molar-refractivity contribution in [3.8, 4) is 0 Å². The molecule has 0 amide bonds. The van der Waals surface area contributed by atoms with Gasteiger partial charge in [0.05, 0.1) is 5.69 Å². The Balaban J connectivity index is 0.000000279. The van der Waals surface area contributed by atoms with Crippen molar-refractivity contribution < 1.29 is 51.7 Å². The Morgan fingerprint density at radius 2 is 1.05 bits per heavy atom. The molecular formula is C18H17Cl2F5N6O6. The number of carboxylic acid groups (broad SMARTS) is 3. The van der Waals surface area contributed by atoms with Gasteiger partial charge in [-0.3, -0.25) is 9.36 Å². The lowest BCUT2D eigenvalue weighted by Crippen LogP contribution is -2.03. The highest BCUT2D eigenvalue weighted by molar-refractivity contribution is 6.33. The number of halogens is 7. The number of alkyl halides is 4. The highest BCUT2D eigenvalue weighted by atomic mass is 35.5. The van der Waals surface area contributed by atoms with E-state index in [9.17, 15) is 36.3 Å². The van der Waals surface area contributed by atoms with E-state index >= 15 is 0 Å². The summed E-state index contributed by atoms with van der Waals surface area (Å²) >= 11 is 11.1. The number of rotatable bonds is 5. The molecule has 3 aromatic heterocycles. The van der Waals surface area contributed by atoms with E-state index in [0.29, 0.717) is 10.4 Å². The molecule has 3 rings (SSSR count). The summed E-state index contributed by atoms with van der Waals surface area (Å²) in [5.41, 5.74) is -3.05. The lowest BCUT2D eigenvalue weighted by Gasteiger charge is -1.94. The van der Waals surface area contributed by atoms with Crippen LogP contribution in [0.15, 0.2) is 0 Å². The third-order valence-corrected chi connectivity index (χ3v) is 5.08. The maximum atomic E-state index is 12.8. The van der Waals surface area contributed by atoms with Gasteiger partial charge >= 0.3 is 17.9 Å². The topological polar surface area (TPSA) is 165 Å². The second-order valence-corrected chi connectivity index (χ2v) is 7.46. The quantitative estimate of drug-likeness (QED) is 0.379. The lowest BCUT2D eigenvalue weighted by atomic mass is 10.2. The van der Waals surface area contributed by atoms with E-state index in [2.05, 4.69) is 15.3 Å². The van der Waals surface area contributed by atoms with E-state index in [1.165, 1.54) is 11.7 Å². The number of hydrogen-bond acceptors (Lipinski definition) is 6. The number of nitrogens with zero attached hydrogens (tertiary/aromatic N) is 6. The van der Waals surface area contributed by atoms with Crippen LogP contribution in [0.2, 0.25) is 10.3 Å². The molecule has 0 aliphatic heterocycles. The Morgan fingerprint density at radius 1 is 0.703 bits per heavy atom. The van der Waals surface area contributed by atoms with Crippen molar-refractivity contribution in [2.24, 2.45) is 21.1 Å². The summed E-state index contributed by atoms with van der Waals surface area (Å²) in [7, 11) is 3.94. The van der Waals surface area contributed by atoms with Crippen LogP contribution >= 0.6 is 23.2 Å². The minimum Gasteiger partial charge on any atom is -0.478 e. The number of aryl methyl sites for hydroxylation is 4. The van der Waals surface area contributed by atoms with Crippen LogP contribution in [0.5, 0.6) is 0 Å². The predicted octanol–water partition coefficient (Wildman–Crippen LogP) is 3.98. The molecule has 0 radical (unpaired) electrons. The molecule has 0 atom stereocenters. The van der Waals surface area contributed by atoms with Gasteiger partial charge in [0.2, 0.25) is 5.95 Å². The summed E-state index contributed by atoms with van der Waals surface area (Å²) in [5, 5.41) is 35.6. The molecule has 0 spiro atoms. The summed E-state index contributed by atoms with van der Waals surface area (Å²) in [6.07, 6.45) is -6.04. The number of carboxylic acids is 3. The zero-order valence-corrected chi connectivity index (χ0v) is 20.6. The first kappa shape index (κ1) is 31.3. The molecule has 19 heteroatoms. The smallest absolute Gasteiger partial charge is 0.342 e. The molecular weight excluding hydrogens is 562 g/mol. The molecule has 3 aromatic rings. The monoisotopic (exact) mass is 578 g/mol. The highest BCUT2D eigenvalue weighted by Crippen LogP contribution is 2.27. The Kier molecular flexibility index (Phi) is 10.6. The van der Waals surface area contributed by atoms with Crippen molar-refractivity contribution in [1.82, 2.24) is 29.3 Å². The average molecular weight is 579 g/mol. The Morgan fingerprint density at radius 3 is 1.32 bits per heavy atom. The van der Waals surface area contributed by atoms with Gasteiger partial charge in [-0.1, -0.05) is 23.2 Å². The van der Waals surface area contributed by atoms with E-state index < -0.39 is 59.2 Å². The van der Waals surface area contributed by atoms with E-state index in [4.69, 9.17) is 38.5 Å². The fourth-order valence-corrected chi connectivity index (χ4v) is 3.09.